The van der Waals surface area contributed by atoms with Crippen molar-refractivity contribution in [2.45, 2.75) is 11.3 Å². The SMILES string of the molecule is NS(=O)(=O)c1cc(C(=O)O)cc(NCCc2cccc3ccccc23)c1-c1ccccc1. The minimum atomic E-state index is -4.17. The summed E-state index contributed by atoms with van der Waals surface area (Å²) in [7, 11) is -4.17. The van der Waals surface area contributed by atoms with Crippen molar-refractivity contribution in [3.8, 4) is 11.1 Å². The van der Waals surface area contributed by atoms with Crippen LogP contribution in [0.5, 0.6) is 0 Å². The van der Waals surface area contributed by atoms with Gasteiger partial charge in [-0.25, -0.2) is 18.4 Å². The average molecular weight is 447 g/mol. The fourth-order valence-corrected chi connectivity index (χ4v) is 4.65. The third-order valence-corrected chi connectivity index (χ3v) is 6.24. The second kappa shape index (κ2) is 8.82. The van der Waals surface area contributed by atoms with Gasteiger partial charge in [0.05, 0.1) is 10.5 Å². The van der Waals surface area contributed by atoms with E-state index in [9.17, 15) is 18.3 Å². The molecular formula is C25H22N2O4S. The zero-order valence-electron chi connectivity index (χ0n) is 17.2. The first kappa shape index (κ1) is 21.5. The van der Waals surface area contributed by atoms with Crippen molar-refractivity contribution in [3.63, 3.8) is 0 Å². The number of rotatable bonds is 7. The van der Waals surface area contributed by atoms with Gasteiger partial charge in [-0.2, -0.15) is 0 Å². The van der Waals surface area contributed by atoms with Crippen molar-refractivity contribution in [3.05, 3.63) is 96.1 Å². The van der Waals surface area contributed by atoms with Crippen LogP contribution in [0.3, 0.4) is 0 Å². The Bertz CT molecular complexity index is 1400. The molecular weight excluding hydrogens is 424 g/mol. The molecule has 4 aromatic rings. The summed E-state index contributed by atoms with van der Waals surface area (Å²) in [5, 5.41) is 20.5. The van der Waals surface area contributed by atoms with E-state index in [1.54, 1.807) is 24.3 Å². The maximum absolute atomic E-state index is 12.4. The molecule has 32 heavy (non-hydrogen) atoms. The summed E-state index contributed by atoms with van der Waals surface area (Å²) in [6, 6.07) is 25.7. The Labute approximate surface area is 186 Å². The third-order valence-electron chi connectivity index (χ3n) is 5.31. The summed E-state index contributed by atoms with van der Waals surface area (Å²) in [6.07, 6.45) is 0.664. The first-order valence-electron chi connectivity index (χ1n) is 10.0. The molecule has 0 aliphatic carbocycles. The van der Waals surface area contributed by atoms with Crippen LogP contribution in [0.2, 0.25) is 0 Å². The molecule has 0 radical (unpaired) electrons. The summed E-state index contributed by atoms with van der Waals surface area (Å²) in [4.78, 5) is 11.4. The number of carbonyl (C=O) groups is 1. The standard InChI is InChI=1S/C25H22N2O4S/c26-32(30,31)23-16-20(25(28)29)15-22(24(23)19-8-2-1-3-9-19)27-14-13-18-11-6-10-17-7-4-5-12-21(17)18/h1-12,15-16,27H,13-14H2,(H,28,29)(H2,26,30,31). The van der Waals surface area contributed by atoms with E-state index in [1.807, 2.05) is 30.3 Å². The van der Waals surface area contributed by atoms with E-state index < -0.39 is 16.0 Å². The van der Waals surface area contributed by atoms with Gasteiger partial charge in [0.15, 0.2) is 0 Å². The summed E-state index contributed by atoms with van der Waals surface area (Å²) >= 11 is 0. The van der Waals surface area contributed by atoms with Crippen LogP contribution >= 0.6 is 0 Å². The van der Waals surface area contributed by atoms with Crippen molar-refractivity contribution in [2.24, 2.45) is 5.14 Å². The molecule has 7 heteroatoms. The minimum Gasteiger partial charge on any atom is -0.478 e. The van der Waals surface area contributed by atoms with Crippen molar-refractivity contribution in [1.82, 2.24) is 0 Å². The van der Waals surface area contributed by atoms with Gasteiger partial charge in [-0.15, -0.1) is 0 Å². The molecule has 4 aromatic carbocycles. The molecule has 162 valence electrons. The summed E-state index contributed by atoms with van der Waals surface area (Å²) in [5.74, 6) is -1.23. The first-order chi connectivity index (χ1) is 15.3. The molecule has 4 rings (SSSR count). The van der Waals surface area contributed by atoms with E-state index in [0.717, 1.165) is 22.4 Å². The maximum Gasteiger partial charge on any atom is 0.335 e. The van der Waals surface area contributed by atoms with Gasteiger partial charge < -0.3 is 10.4 Å². The largest absolute Gasteiger partial charge is 0.478 e. The maximum atomic E-state index is 12.4. The van der Waals surface area contributed by atoms with Gasteiger partial charge in [0.2, 0.25) is 10.0 Å². The van der Waals surface area contributed by atoms with Crippen LogP contribution in [0.15, 0.2) is 89.8 Å². The molecule has 0 saturated carbocycles. The molecule has 0 heterocycles. The third kappa shape index (κ3) is 4.49. The minimum absolute atomic E-state index is 0.152. The number of anilines is 1. The zero-order valence-corrected chi connectivity index (χ0v) is 18.0. The Hall–Kier alpha value is -3.68. The number of aromatic carboxylic acids is 1. The number of nitrogens with two attached hydrogens (primary N) is 1. The number of hydrogen-bond acceptors (Lipinski definition) is 4. The predicted octanol–water partition coefficient (Wildman–Crippen LogP) is 4.51. The van der Waals surface area contributed by atoms with E-state index in [0.29, 0.717) is 29.8 Å². The predicted molar refractivity (Wildman–Crippen MR) is 126 cm³/mol. The van der Waals surface area contributed by atoms with Gasteiger partial charge in [0, 0.05) is 17.8 Å². The molecule has 0 spiro atoms. The molecule has 4 N–H and O–H groups in total. The molecule has 0 fully saturated rings. The number of nitrogens with one attached hydrogen (secondary N) is 1. The smallest absolute Gasteiger partial charge is 0.335 e. The molecule has 0 unspecified atom stereocenters. The highest BCUT2D eigenvalue weighted by atomic mass is 32.2. The monoisotopic (exact) mass is 446 g/mol. The Balaban J connectivity index is 1.75. The van der Waals surface area contributed by atoms with E-state index in [2.05, 4.69) is 23.5 Å². The number of primary sulfonamides is 1. The Kier molecular flexibility index (Phi) is 5.94. The highest BCUT2D eigenvalue weighted by Crippen LogP contribution is 2.35. The Morgan fingerprint density at radius 1 is 0.906 bits per heavy atom. The van der Waals surface area contributed by atoms with Crippen LogP contribution in [0, 0.1) is 0 Å². The number of carboxylic acid groups (broad SMARTS) is 1. The van der Waals surface area contributed by atoms with E-state index in [-0.39, 0.29) is 10.5 Å². The molecule has 0 aliphatic rings. The van der Waals surface area contributed by atoms with Crippen LogP contribution in [0.1, 0.15) is 15.9 Å². The molecule has 0 amide bonds. The average Bonchev–Trinajstić information content (AvgIpc) is 2.78. The summed E-state index contributed by atoms with van der Waals surface area (Å²) in [6.45, 7) is 0.473. The van der Waals surface area contributed by atoms with Gasteiger partial charge in [-0.1, -0.05) is 72.8 Å². The lowest BCUT2D eigenvalue weighted by Gasteiger charge is -2.17. The summed E-state index contributed by atoms with van der Waals surface area (Å²) in [5.41, 5.74) is 2.37. The van der Waals surface area contributed by atoms with Crippen LogP contribution in [0.25, 0.3) is 21.9 Å². The fourth-order valence-electron chi connectivity index (χ4n) is 3.85. The molecule has 0 aliphatic heterocycles. The Morgan fingerprint density at radius 3 is 2.31 bits per heavy atom. The van der Waals surface area contributed by atoms with Crippen LogP contribution < -0.4 is 10.5 Å². The molecule has 0 atom stereocenters. The lowest BCUT2D eigenvalue weighted by molar-refractivity contribution is 0.0696. The van der Waals surface area contributed by atoms with E-state index in [4.69, 9.17) is 5.14 Å². The first-order valence-corrected chi connectivity index (χ1v) is 11.6. The molecule has 0 bridgehead atoms. The molecule has 6 nitrogen and oxygen atoms in total. The van der Waals surface area contributed by atoms with Gasteiger partial charge in [0.1, 0.15) is 0 Å². The number of benzene rings is 4. The lowest BCUT2D eigenvalue weighted by atomic mass is 10.00. The second-order valence-electron chi connectivity index (χ2n) is 7.43. The fraction of sp³-hybridized carbons (Fsp3) is 0.0800. The summed E-state index contributed by atoms with van der Waals surface area (Å²) < 4.78 is 24.7. The van der Waals surface area contributed by atoms with E-state index in [1.165, 1.54) is 6.07 Å². The normalized spacial score (nSPS) is 11.4. The van der Waals surface area contributed by atoms with Crippen LogP contribution in [-0.4, -0.2) is 26.0 Å². The van der Waals surface area contributed by atoms with Crippen LogP contribution in [0.4, 0.5) is 5.69 Å². The van der Waals surface area contributed by atoms with Gasteiger partial charge >= 0.3 is 5.97 Å². The molecule has 0 saturated heterocycles. The van der Waals surface area contributed by atoms with Crippen molar-refractivity contribution < 1.29 is 18.3 Å². The molecule has 0 aromatic heterocycles. The topological polar surface area (TPSA) is 109 Å². The highest BCUT2D eigenvalue weighted by molar-refractivity contribution is 7.89. The Morgan fingerprint density at radius 2 is 1.59 bits per heavy atom. The number of fused-ring (bicyclic) bond motifs is 1. The highest BCUT2D eigenvalue weighted by Gasteiger charge is 2.22. The quantitative estimate of drug-likeness (QED) is 0.387. The van der Waals surface area contributed by atoms with Crippen molar-refractivity contribution in [1.29, 1.82) is 0 Å². The second-order valence-corrected chi connectivity index (χ2v) is 8.96. The van der Waals surface area contributed by atoms with E-state index >= 15 is 0 Å². The van der Waals surface area contributed by atoms with Crippen LogP contribution in [-0.2, 0) is 16.4 Å². The van der Waals surface area contributed by atoms with Gasteiger partial charge in [-0.05, 0) is 40.5 Å². The van der Waals surface area contributed by atoms with Crippen molar-refractivity contribution >= 4 is 32.5 Å². The number of sulfonamides is 1. The number of hydrogen-bond donors (Lipinski definition) is 3. The van der Waals surface area contributed by atoms with Crippen molar-refractivity contribution in [2.75, 3.05) is 11.9 Å². The number of carboxylic acids is 1. The zero-order chi connectivity index (χ0) is 22.7. The lowest BCUT2D eigenvalue weighted by Crippen LogP contribution is -2.17. The van der Waals surface area contributed by atoms with Gasteiger partial charge in [0.25, 0.3) is 0 Å². The van der Waals surface area contributed by atoms with Gasteiger partial charge in [-0.3, -0.25) is 0 Å².